The van der Waals surface area contributed by atoms with Crippen LogP contribution in [0.4, 0.5) is 0 Å². The molecule has 2 amide bonds. The first-order valence-corrected chi connectivity index (χ1v) is 7.30. The van der Waals surface area contributed by atoms with Crippen molar-refractivity contribution >= 4 is 29.1 Å². The number of amides is 2. The minimum atomic E-state index is -0.364. The SMILES string of the molecule is C/C(CC(=O)NCc1ccco1)=N\NC(=O)c1ccc(Cl)cc1. The van der Waals surface area contributed by atoms with Crippen molar-refractivity contribution in [3.63, 3.8) is 0 Å². The zero-order valence-electron chi connectivity index (χ0n) is 12.5. The van der Waals surface area contributed by atoms with E-state index >= 15 is 0 Å². The van der Waals surface area contributed by atoms with Crippen molar-refractivity contribution in [2.45, 2.75) is 19.9 Å². The van der Waals surface area contributed by atoms with Crippen LogP contribution in [0.5, 0.6) is 0 Å². The Kier molecular flexibility index (Phi) is 5.94. The number of nitrogens with one attached hydrogen (secondary N) is 2. The topological polar surface area (TPSA) is 83.7 Å². The highest BCUT2D eigenvalue weighted by atomic mass is 35.5. The van der Waals surface area contributed by atoms with E-state index in [1.165, 1.54) is 0 Å². The Hall–Kier alpha value is -2.60. The number of benzene rings is 1. The summed E-state index contributed by atoms with van der Waals surface area (Å²) in [5.74, 6) is 0.101. The molecule has 7 heteroatoms. The summed E-state index contributed by atoms with van der Waals surface area (Å²) < 4.78 is 5.11. The Balaban J connectivity index is 1.79. The number of carbonyl (C=O) groups excluding carboxylic acids is 2. The number of hydrazone groups is 1. The lowest BCUT2D eigenvalue weighted by molar-refractivity contribution is -0.120. The Bertz CT molecular complexity index is 694. The predicted octanol–water partition coefficient (Wildman–Crippen LogP) is 2.75. The first-order chi connectivity index (χ1) is 11.0. The first kappa shape index (κ1) is 16.8. The molecule has 0 fully saturated rings. The summed E-state index contributed by atoms with van der Waals surface area (Å²) in [4.78, 5) is 23.6. The average Bonchev–Trinajstić information content (AvgIpc) is 3.05. The number of nitrogens with zero attached hydrogens (tertiary/aromatic N) is 1. The molecule has 0 aliphatic rings. The van der Waals surface area contributed by atoms with Crippen LogP contribution in [0.15, 0.2) is 52.2 Å². The van der Waals surface area contributed by atoms with E-state index in [1.807, 2.05) is 0 Å². The van der Waals surface area contributed by atoms with Gasteiger partial charge in [-0.15, -0.1) is 0 Å². The van der Waals surface area contributed by atoms with E-state index in [2.05, 4.69) is 15.8 Å². The Labute approximate surface area is 138 Å². The Morgan fingerprint density at radius 3 is 2.61 bits per heavy atom. The predicted molar refractivity (Wildman–Crippen MR) is 87.2 cm³/mol. The van der Waals surface area contributed by atoms with Crippen molar-refractivity contribution in [2.24, 2.45) is 5.10 Å². The van der Waals surface area contributed by atoms with Crippen LogP contribution in [0.3, 0.4) is 0 Å². The number of carbonyl (C=O) groups is 2. The van der Waals surface area contributed by atoms with Gasteiger partial charge in [0.1, 0.15) is 5.76 Å². The van der Waals surface area contributed by atoms with Crippen molar-refractivity contribution in [3.8, 4) is 0 Å². The Morgan fingerprint density at radius 2 is 1.96 bits per heavy atom. The smallest absolute Gasteiger partial charge is 0.271 e. The van der Waals surface area contributed by atoms with Gasteiger partial charge < -0.3 is 9.73 Å². The van der Waals surface area contributed by atoms with E-state index in [0.717, 1.165) is 0 Å². The minimum absolute atomic E-state index is 0.0849. The van der Waals surface area contributed by atoms with E-state index in [1.54, 1.807) is 49.6 Å². The number of halogens is 1. The quantitative estimate of drug-likeness (QED) is 0.629. The zero-order valence-corrected chi connectivity index (χ0v) is 13.3. The molecule has 23 heavy (non-hydrogen) atoms. The van der Waals surface area contributed by atoms with Gasteiger partial charge in [-0.2, -0.15) is 5.10 Å². The van der Waals surface area contributed by atoms with E-state index in [-0.39, 0.29) is 18.2 Å². The summed E-state index contributed by atoms with van der Waals surface area (Å²) in [5.41, 5.74) is 3.33. The number of hydrogen-bond donors (Lipinski definition) is 2. The third-order valence-corrected chi connectivity index (χ3v) is 3.16. The molecule has 0 aliphatic carbocycles. The van der Waals surface area contributed by atoms with Crippen molar-refractivity contribution in [3.05, 3.63) is 59.0 Å². The highest BCUT2D eigenvalue weighted by Crippen LogP contribution is 2.09. The number of hydrogen-bond acceptors (Lipinski definition) is 4. The van der Waals surface area contributed by atoms with E-state index in [4.69, 9.17) is 16.0 Å². The fourth-order valence-corrected chi connectivity index (χ4v) is 1.87. The maximum Gasteiger partial charge on any atom is 0.271 e. The first-order valence-electron chi connectivity index (χ1n) is 6.93. The molecular weight excluding hydrogens is 318 g/mol. The third kappa shape index (κ3) is 5.60. The van der Waals surface area contributed by atoms with E-state index in [0.29, 0.717) is 28.6 Å². The summed E-state index contributed by atoms with van der Waals surface area (Å²) in [5, 5.41) is 7.16. The molecule has 120 valence electrons. The minimum Gasteiger partial charge on any atom is -0.467 e. The summed E-state index contributed by atoms with van der Waals surface area (Å²) in [6, 6.07) is 9.95. The van der Waals surface area contributed by atoms with Crippen molar-refractivity contribution in [2.75, 3.05) is 0 Å². The van der Waals surface area contributed by atoms with E-state index < -0.39 is 0 Å². The van der Waals surface area contributed by atoms with Crippen LogP contribution in [-0.4, -0.2) is 17.5 Å². The molecule has 1 aromatic heterocycles. The maximum atomic E-state index is 11.9. The van der Waals surface area contributed by atoms with Gasteiger partial charge in [-0.25, -0.2) is 5.43 Å². The molecule has 2 aromatic rings. The fourth-order valence-electron chi connectivity index (χ4n) is 1.75. The van der Waals surface area contributed by atoms with E-state index in [9.17, 15) is 9.59 Å². The van der Waals surface area contributed by atoms with Gasteiger partial charge >= 0.3 is 0 Å². The van der Waals surface area contributed by atoms with Crippen LogP contribution < -0.4 is 10.7 Å². The summed E-state index contributed by atoms with van der Waals surface area (Å²) in [7, 11) is 0. The molecule has 6 nitrogen and oxygen atoms in total. The lowest BCUT2D eigenvalue weighted by Gasteiger charge is -2.04. The van der Waals surface area contributed by atoms with Crippen LogP contribution in [0.1, 0.15) is 29.5 Å². The number of rotatable bonds is 6. The lowest BCUT2D eigenvalue weighted by Crippen LogP contribution is -2.26. The van der Waals surface area contributed by atoms with Gasteiger partial charge in [0.05, 0.1) is 19.2 Å². The third-order valence-electron chi connectivity index (χ3n) is 2.91. The summed E-state index contributed by atoms with van der Waals surface area (Å²) in [6.07, 6.45) is 1.63. The van der Waals surface area contributed by atoms with Crippen LogP contribution in [0.25, 0.3) is 0 Å². The molecule has 2 rings (SSSR count). The molecule has 1 aromatic carbocycles. The highest BCUT2D eigenvalue weighted by Gasteiger charge is 2.07. The van der Waals surface area contributed by atoms with Gasteiger partial charge in [-0.3, -0.25) is 9.59 Å². The van der Waals surface area contributed by atoms with Crippen molar-refractivity contribution in [1.82, 2.24) is 10.7 Å². The van der Waals surface area contributed by atoms with Gasteiger partial charge in [0, 0.05) is 16.3 Å². The summed E-state index contributed by atoms with van der Waals surface area (Å²) >= 11 is 5.76. The average molecular weight is 334 g/mol. The zero-order chi connectivity index (χ0) is 16.7. The molecule has 0 bridgehead atoms. The largest absolute Gasteiger partial charge is 0.467 e. The van der Waals surface area contributed by atoms with Gasteiger partial charge in [0.15, 0.2) is 0 Å². The van der Waals surface area contributed by atoms with Crippen LogP contribution in [0, 0.1) is 0 Å². The molecule has 0 atom stereocenters. The molecule has 0 unspecified atom stereocenters. The number of furan rings is 1. The molecule has 0 radical (unpaired) electrons. The van der Waals surface area contributed by atoms with Gasteiger partial charge in [-0.1, -0.05) is 11.6 Å². The van der Waals surface area contributed by atoms with Gasteiger partial charge in [0.25, 0.3) is 5.91 Å². The van der Waals surface area contributed by atoms with Crippen LogP contribution in [-0.2, 0) is 11.3 Å². The molecular formula is C16H16ClN3O3. The van der Waals surface area contributed by atoms with Crippen molar-refractivity contribution < 1.29 is 14.0 Å². The monoisotopic (exact) mass is 333 g/mol. The molecule has 2 N–H and O–H groups in total. The second kappa shape index (κ2) is 8.14. The Morgan fingerprint density at radius 1 is 1.22 bits per heavy atom. The van der Waals surface area contributed by atoms with Crippen LogP contribution in [0.2, 0.25) is 5.02 Å². The highest BCUT2D eigenvalue weighted by molar-refractivity contribution is 6.30. The second-order valence-corrected chi connectivity index (χ2v) is 5.26. The molecule has 0 aliphatic heterocycles. The van der Waals surface area contributed by atoms with Gasteiger partial charge in [-0.05, 0) is 43.3 Å². The van der Waals surface area contributed by atoms with Crippen LogP contribution >= 0.6 is 11.6 Å². The molecule has 0 saturated carbocycles. The fraction of sp³-hybridized carbons (Fsp3) is 0.188. The molecule has 1 heterocycles. The normalized spacial score (nSPS) is 11.1. The molecule has 0 saturated heterocycles. The summed E-state index contributed by atoms with van der Waals surface area (Å²) in [6.45, 7) is 1.98. The lowest BCUT2D eigenvalue weighted by atomic mass is 10.2. The second-order valence-electron chi connectivity index (χ2n) is 4.83. The maximum absolute atomic E-state index is 11.9. The molecule has 0 spiro atoms. The van der Waals surface area contributed by atoms with Gasteiger partial charge in [0.2, 0.25) is 5.91 Å². The standard InChI is InChI=1S/C16H16ClN3O3/c1-11(9-15(21)18-10-14-3-2-8-23-14)19-20-16(22)12-4-6-13(17)7-5-12/h2-8H,9-10H2,1H3,(H,18,21)(H,20,22)/b19-11+. The van der Waals surface area contributed by atoms with Crippen molar-refractivity contribution in [1.29, 1.82) is 0 Å².